The molecule has 2 nitrogen and oxygen atoms in total. The van der Waals surface area contributed by atoms with Gasteiger partial charge in [0.05, 0.1) is 6.04 Å². The van der Waals surface area contributed by atoms with Gasteiger partial charge in [0.15, 0.2) is 0 Å². The first-order valence-electron chi connectivity index (χ1n) is 8.84. The van der Waals surface area contributed by atoms with Gasteiger partial charge in [0.2, 0.25) is 0 Å². The standard InChI is InChI=1S/C23H20FNO/c1-16-6-8-18(9-7-16)22-21-5-3-2-4-17(21)14-15-25(22)23(26)19-10-12-20(24)13-11-19/h2-13,22H,14-15H2,1H3/t22-/m1/s1. The van der Waals surface area contributed by atoms with Crippen molar-refractivity contribution in [1.29, 1.82) is 0 Å². The van der Waals surface area contributed by atoms with Crippen molar-refractivity contribution in [2.75, 3.05) is 6.54 Å². The second-order valence-corrected chi connectivity index (χ2v) is 6.77. The molecule has 1 atom stereocenters. The summed E-state index contributed by atoms with van der Waals surface area (Å²) < 4.78 is 13.2. The van der Waals surface area contributed by atoms with Gasteiger partial charge in [-0.15, -0.1) is 0 Å². The Morgan fingerprint density at radius 1 is 0.962 bits per heavy atom. The summed E-state index contributed by atoms with van der Waals surface area (Å²) in [4.78, 5) is 15.1. The lowest BCUT2D eigenvalue weighted by atomic mass is 9.87. The molecule has 0 aliphatic carbocycles. The third kappa shape index (κ3) is 3.01. The lowest BCUT2D eigenvalue weighted by Crippen LogP contribution is -2.40. The molecule has 4 rings (SSSR count). The Bertz CT molecular complexity index is 931. The molecule has 0 aromatic heterocycles. The van der Waals surface area contributed by atoms with Crippen LogP contribution < -0.4 is 0 Å². The van der Waals surface area contributed by atoms with Gasteiger partial charge in [0, 0.05) is 12.1 Å². The van der Waals surface area contributed by atoms with Gasteiger partial charge in [-0.25, -0.2) is 4.39 Å². The normalized spacial score (nSPS) is 16.2. The molecule has 1 amide bonds. The molecule has 0 bridgehead atoms. The summed E-state index contributed by atoms with van der Waals surface area (Å²) in [6.45, 7) is 2.70. The van der Waals surface area contributed by atoms with Crippen LogP contribution >= 0.6 is 0 Å². The molecular weight excluding hydrogens is 325 g/mol. The van der Waals surface area contributed by atoms with Crippen LogP contribution in [0.4, 0.5) is 4.39 Å². The van der Waals surface area contributed by atoms with E-state index >= 15 is 0 Å². The third-order valence-electron chi connectivity index (χ3n) is 5.03. The summed E-state index contributed by atoms with van der Waals surface area (Å²) in [6.07, 6.45) is 0.825. The number of fused-ring (bicyclic) bond motifs is 1. The average Bonchev–Trinajstić information content (AvgIpc) is 2.68. The van der Waals surface area contributed by atoms with Gasteiger partial charge < -0.3 is 4.90 Å². The van der Waals surface area contributed by atoms with Crippen molar-refractivity contribution in [3.05, 3.63) is 106 Å². The van der Waals surface area contributed by atoms with E-state index in [0.717, 1.165) is 17.5 Å². The molecule has 1 aliphatic heterocycles. The van der Waals surface area contributed by atoms with E-state index in [1.807, 2.05) is 17.0 Å². The number of hydrogen-bond donors (Lipinski definition) is 0. The minimum atomic E-state index is -0.333. The van der Waals surface area contributed by atoms with Gasteiger partial charge in [-0.3, -0.25) is 4.79 Å². The summed E-state index contributed by atoms with van der Waals surface area (Å²) in [5, 5.41) is 0. The minimum Gasteiger partial charge on any atom is -0.327 e. The number of nitrogens with zero attached hydrogens (tertiary/aromatic N) is 1. The van der Waals surface area contributed by atoms with Crippen molar-refractivity contribution >= 4 is 5.91 Å². The van der Waals surface area contributed by atoms with Gasteiger partial charge in [0.25, 0.3) is 5.91 Å². The molecule has 1 aliphatic rings. The summed E-state index contributed by atoms with van der Waals surface area (Å²) >= 11 is 0. The molecule has 3 heteroatoms. The van der Waals surface area contributed by atoms with E-state index in [0.29, 0.717) is 12.1 Å². The maximum Gasteiger partial charge on any atom is 0.254 e. The number of rotatable bonds is 2. The first kappa shape index (κ1) is 16.5. The Kier molecular flexibility index (Phi) is 4.29. The number of carbonyl (C=O) groups is 1. The zero-order chi connectivity index (χ0) is 18.1. The summed E-state index contributed by atoms with van der Waals surface area (Å²) in [7, 11) is 0. The van der Waals surface area contributed by atoms with Crippen LogP contribution in [0.3, 0.4) is 0 Å². The fraction of sp³-hybridized carbons (Fsp3) is 0.174. The van der Waals surface area contributed by atoms with E-state index in [-0.39, 0.29) is 17.8 Å². The second-order valence-electron chi connectivity index (χ2n) is 6.77. The van der Waals surface area contributed by atoms with Crippen molar-refractivity contribution in [3.8, 4) is 0 Å². The highest BCUT2D eigenvalue weighted by molar-refractivity contribution is 5.95. The quantitative estimate of drug-likeness (QED) is 0.645. The molecule has 26 heavy (non-hydrogen) atoms. The van der Waals surface area contributed by atoms with Crippen LogP contribution in [-0.2, 0) is 6.42 Å². The minimum absolute atomic E-state index is 0.0647. The predicted molar refractivity (Wildman–Crippen MR) is 101 cm³/mol. The van der Waals surface area contributed by atoms with Crippen LogP contribution in [0.2, 0.25) is 0 Å². The fourth-order valence-corrected chi connectivity index (χ4v) is 3.65. The largest absolute Gasteiger partial charge is 0.327 e. The van der Waals surface area contributed by atoms with E-state index in [1.165, 1.54) is 23.3 Å². The van der Waals surface area contributed by atoms with Crippen molar-refractivity contribution in [2.24, 2.45) is 0 Å². The van der Waals surface area contributed by atoms with Crippen LogP contribution in [-0.4, -0.2) is 17.4 Å². The van der Waals surface area contributed by atoms with Gasteiger partial charge >= 0.3 is 0 Å². The van der Waals surface area contributed by atoms with Crippen molar-refractivity contribution in [1.82, 2.24) is 4.90 Å². The smallest absolute Gasteiger partial charge is 0.254 e. The lowest BCUT2D eigenvalue weighted by molar-refractivity contribution is 0.0694. The SMILES string of the molecule is Cc1ccc([C@@H]2c3ccccc3CCN2C(=O)c2ccc(F)cc2)cc1. The molecule has 0 fully saturated rings. The molecule has 1 heterocycles. The van der Waals surface area contributed by atoms with Crippen LogP contribution in [0.25, 0.3) is 0 Å². The topological polar surface area (TPSA) is 20.3 Å². The lowest BCUT2D eigenvalue weighted by Gasteiger charge is -2.38. The Balaban J connectivity index is 1.78. The highest BCUT2D eigenvalue weighted by Crippen LogP contribution is 2.36. The Hall–Kier alpha value is -2.94. The van der Waals surface area contributed by atoms with Gasteiger partial charge in [-0.05, 0) is 54.3 Å². The Labute approximate surface area is 152 Å². The zero-order valence-electron chi connectivity index (χ0n) is 14.7. The highest BCUT2D eigenvalue weighted by Gasteiger charge is 2.32. The number of hydrogen-bond acceptors (Lipinski definition) is 1. The number of aryl methyl sites for hydroxylation is 1. The number of carbonyl (C=O) groups excluding carboxylic acids is 1. The van der Waals surface area contributed by atoms with E-state index in [9.17, 15) is 9.18 Å². The number of halogens is 1. The predicted octanol–water partition coefficient (Wildman–Crippen LogP) is 4.92. The Morgan fingerprint density at radius 3 is 2.38 bits per heavy atom. The summed E-state index contributed by atoms with van der Waals surface area (Å²) in [5.74, 6) is -0.397. The molecule has 3 aromatic carbocycles. The third-order valence-corrected chi connectivity index (χ3v) is 5.03. The Morgan fingerprint density at radius 2 is 1.65 bits per heavy atom. The van der Waals surface area contributed by atoms with Crippen LogP contribution in [0.15, 0.2) is 72.8 Å². The van der Waals surface area contributed by atoms with Crippen LogP contribution in [0.5, 0.6) is 0 Å². The molecular formula is C23H20FNO. The van der Waals surface area contributed by atoms with Gasteiger partial charge in [0.1, 0.15) is 5.82 Å². The van der Waals surface area contributed by atoms with Gasteiger partial charge in [-0.1, -0.05) is 54.1 Å². The van der Waals surface area contributed by atoms with Crippen molar-refractivity contribution < 1.29 is 9.18 Å². The number of benzene rings is 3. The molecule has 0 saturated carbocycles. The number of amides is 1. The highest BCUT2D eigenvalue weighted by atomic mass is 19.1. The summed E-state index contributed by atoms with van der Waals surface area (Å²) in [5.41, 5.74) is 5.25. The van der Waals surface area contributed by atoms with Gasteiger partial charge in [-0.2, -0.15) is 0 Å². The van der Waals surface area contributed by atoms with Crippen molar-refractivity contribution in [2.45, 2.75) is 19.4 Å². The van der Waals surface area contributed by atoms with E-state index in [1.54, 1.807) is 12.1 Å². The second kappa shape index (κ2) is 6.75. The monoisotopic (exact) mass is 345 g/mol. The molecule has 130 valence electrons. The van der Waals surface area contributed by atoms with Crippen LogP contribution in [0, 0.1) is 12.7 Å². The zero-order valence-corrected chi connectivity index (χ0v) is 14.7. The molecule has 0 unspecified atom stereocenters. The summed E-state index contributed by atoms with van der Waals surface area (Å²) in [6, 6.07) is 22.3. The fourth-order valence-electron chi connectivity index (χ4n) is 3.65. The van der Waals surface area contributed by atoms with E-state index in [2.05, 4.69) is 43.3 Å². The first-order valence-corrected chi connectivity index (χ1v) is 8.84. The molecule has 0 N–H and O–H groups in total. The van der Waals surface area contributed by atoms with E-state index in [4.69, 9.17) is 0 Å². The molecule has 0 saturated heterocycles. The molecule has 0 spiro atoms. The van der Waals surface area contributed by atoms with Crippen molar-refractivity contribution in [3.63, 3.8) is 0 Å². The molecule has 0 radical (unpaired) electrons. The first-order chi connectivity index (χ1) is 12.6. The average molecular weight is 345 g/mol. The van der Waals surface area contributed by atoms with Crippen LogP contribution in [0.1, 0.15) is 38.7 Å². The van der Waals surface area contributed by atoms with E-state index < -0.39 is 0 Å². The molecule has 3 aromatic rings. The maximum absolute atomic E-state index is 13.2. The maximum atomic E-state index is 13.2.